The first kappa shape index (κ1) is 13.6. The van der Waals surface area contributed by atoms with E-state index in [-0.39, 0.29) is 0 Å². The molecule has 1 aliphatic rings. The maximum absolute atomic E-state index is 3.64. The van der Waals surface area contributed by atoms with Crippen LogP contribution in [0.2, 0.25) is 0 Å². The summed E-state index contributed by atoms with van der Waals surface area (Å²) in [5.41, 5.74) is 4.18. The molecule has 0 bridgehead atoms. The molecule has 100 valence electrons. The lowest BCUT2D eigenvalue weighted by Gasteiger charge is -2.20. The SMILES string of the molecule is Cc1ccc(C(C)NCCN2CCCC2)c(C)c1. The van der Waals surface area contributed by atoms with Crippen molar-refractivity contribution in [1.29, 1.82) is 0 Å². The van der Waals surface area contributed by atoms with E-state index in [0.717, 1.165) is 6.54 Å². The van der Waals surface area contributed by atoms with Gasteiger partial charge in [-0.05, 0) is 57.8 Å². The molecule has 1 aromatic rings. The highest BCUT2D eigenvalue weighted by Gasteiger charge is 2.12. The van der Waals surface area contributed by atoms with Crippen LogP contribution in [0.5, 0.6) is 0 Å². The van der Waals surface area contributed by atoms with Gasteiger partial charge in [0.25, 0.3) is 0 Å². The van der Waals surface area contributed by atoms with Crippen LogP contribution in [0, 0.1) is 13.8 Å². The molecule has 0 saturated carbocycles. The molecule has 0 radical (unpaired) electrons. The van der Waals surface area contributed by atoms with Crippen LogP contribution in [0.3, 0.4) is 0 Å². The van der Waals surface area contributed by atoms with Crippen molar-refractivity contribution < 1.29 is 0 Å². The van der Waals surface area contributed by atoms with Gasteiger partial charge in [0.15, 0.2) is 0 Å². The second-order valence-electron chi connectivity index (χ2n) is 5.58. The van der Waals surface area contributed by atoms with Gasteiger partial charge in [0, 0.05) is 19.1 Å². The Kier molecular flexibility index (Phi) is 4.79. The van der Waals surface area contributed by atoms with Crippen LogP contribution >= 0.6 is 0 Å². The maximum Gasteiger partial charge on any atom is 0.0294 e. The van der Waals surface area contributed by atoms with E-state index in [4.69, 9.17) is 0 Å². The van der Waals surface area contributed by atoms with E-state index >= 15 is 0 Å². The Morgan fingerprint density at radius 1 is 1.22 bits per heavy atom. The summed E-state index contributed by atoms with van der Waals surface area (Å²) in [5.74, 6) is 0. The molecule has 1 aromatic carbocycles. The van der Waals surface area contributed by atoms with Crippen molar-refractivity contribution in [1.82, 2.24) is 10.2 Å². The first-order chi connectivity index (χ1) is 8.66. The van der Waals surface area contributed by atoms with Gasteiger partial charge < -0.3 is 10.2 Å². The lowest BCUT2D eigenvalue weighted by molar-refractivity contribution is 0.329. The number of aryl methyl sites for hydroxylation is 2. The summed E-state index contributed by atoms with van der Waals surface area (Å²) in [6.45, 7) is 11.5. The highest BCUT2D eigenvalue weighted by atomic mass is 15.2. The third kappa shape index (κ3) is 3.56. The van der Waals surface area contributed by atoms with Crippen molar-refractivity contribution in [2.24, 2.45) is 0 Å². The van der Waals surface area contributed by atoms with Gasteiger partial charge in [0.2, 0.25) is 0 Å². The quantitative estimate of drug-likeness (QED) is 0.859. The van der Waals surface area contributed by atoms with Gasteiger partial charge in [-0.3, -0.25) is 0 Å². The van der Waals surface area contributed by atoms with Crippen LogP contribution < -0.4 is 5.32 Å². The standard InChI is InChI=1S/C16H26N2/c1-13-6-7-16(14(2)12-13)15(3)17-8-11-18-9-4-5-10-18/h6-7,12,15,17H,4-5,8-11H2,1-3H3. The molecule has 2 nitrogen and oxygen atoms in total. The van der Waals surface area contributed by atoms with Crippen LogP contribution in [-0.4, -0.2) is 31.1 Å². The molecular formula is C16H26N2. The molecule has 1 N–H and O–H groups in total. The number of nitrogens with one attached hydrogen (secondary N) is 1. The molecule has 18 heavy (non-hydrogen) atoms. The van der Waals surface area contributed by atoms with E-state index in [1.165, 1.54) is 49.2 Å². The van der Waals surface area contributed by atoms with Crippen LogP contribution in [-0.2, 0) is 0 Å². The Morgan fingerprint density at radius 3 is 2.61 bits per heavy atom. The van der Waals surface area contributed by atoms with Gasteiger partial charge in [0.05, 0.1) is 0 Å². The Labute approximate surface area is 111 Å². The van der Waals surface area contributed by atoms with E-state index < -0.39 is 0 Å². The van der Waals surface area contributed by atoms with Crippen LogP contribution in [0.4, 0.5) is 0 Å². The van der Waals surface area contributed by atoms with Gasteiger partial charge in [-0.25, -0.2) is 0 Å². The smallest absolute Gasteiger partial charge is 0.0294 e. The minimum atomic E-state index is 0.452. The molecule has 2 rings (SSSR count). The number of hydrogen-bond donors (Lipinski definition) is 1. The van der Waals surface area contributed by atoms with Gasteiger partial charge >= 0.3 is 0 Å². The molecule has 1 aliphatic heterocycles. The highest BCUT2D eigenvalue weighted by Crippen LogP contribution is 2.18. The zero-order valence-electron chi connectivity index (χ0n) is 12.0. The summed E-state index contributed by atoms with van der Waals surface area (Å²) >= 11 is 0. The molecule has 0 aliphatic carbocycles. The molecule has 2 heteroatoms. The van der Waals surface area contributed by atoms with Gasteiger partial charge in [-0.15, -0.1) is 0 Å². The summed E-state index contributed by atoms with van der Waals surface area (Å²) in [5, 5.41) is 3.64. The average molecular weight is 246 g/mol. The van der Waals surface area contributed by atoms with E-state index in [1.54, 1.807) is 0 Å². The number of rotatable bonds is 5. The lowest BCUT2D eigenvalue weighted by Crippen LogP contribution is -2.31. The molecule has 0 amide bonds. The van der Waals surface area contributed by atoms with Crippen molar-refractivity contribution in [3.63, 3.8) is 0 Å². The van der Waals surface area contributed by atoms with Crippen LogP contribution in [0.1, 0.15) is 42.5 Å². The van der Waals surface area contributed by atoms with Gasteiger partial charge in [0.1, 0.15) is 0 Å². The van der Waals surface area contributed by atoms with E-state index in [9.17, 15) is 0 Å². The van der Waals surface area contributed by atoms with E-state index in [0.29, 0.717) is 6.04 Å². The molecular weight excluding hydrogens is 220 g/mol. The summed E-state index contributed by atoms with van der Waals surface area (Å²) in [4.78, 5) is 2.56. The fraction of sp³-hybridized carbons (Fsp3) is 0.625. The largest absolute Gasteiger partial charge is 0.309 e. The summed E-state index contributed by atoms with van der Waals surface area (Å²) in [6.07, 6.45) is 2.76. The van der Waals surface area contributed by atoms with Crippen molar-refractivity contribution in [2.75, 3.05) is 26.2 Å². The molecule has 1 atom stereocenters. The van der Waals surface area contributed by atoms with Crippen molar-refractivity contribution in [3.05, 3.63) is 34.9 Å². The lowest BCUT2D eigenvalue weighted by atomic mass is 10.0. The molecule has 1 heterocycles. The minimum absolute atomic E-state index is 0.452. The third-order valence-electron chi connectivity index (χ3n) is 3.97. The number of benzene rings is 1. The predicted octanol–water partition coefficient (Wildman–Crippen LogP) is 3.05. The number of likely N-dealkylation sites (tertiary alicyclic amines) is 1. The third-order valence-corrected chi connectivity index (χ3v) is 3.97. The van der Waals surface area contributed by atoms with E-state index in [2.05, 4.69) is 49.2 Å². The summed E-state index contributed by atoms with van der Waals surface area (Å²) < 4.78 is 0. The average Bonchev–Trinajstić information content (AvgIpc) is 2.81. The summed E-state index contributed by atoms with van der Waals surface area (Å²) in [7, 11) is 0. The predicted molar refractivity (Wildman–Crippen MR) is 78.0 cm³/mol. The fourth-order valence-electron chi connectivity index (χ4n) is 2.87. The van der Waals surface area contributed by atoms with Crippen molar-refractivity contribution in [2.45, 2.75) is 39.7 Å². The number of hydrogen-bond acceptors (Lipinski definition) is 2. The first-order valence-electron chi connectivity index (χ1n) is 7.19. The Balaban J connectivity index is 1.81. The normalized spacial score (nSPS) is 18.2. The molecule has 0 spiro atoms. The van der Waals surface area contributed by atoms with Crippen LogP contribution in [0.25, 0.3) is 0 Å². The van der Waals surface area contributed by atoms with Gasteiger partial charge in [-0.2, -0.15) is 0 Å². The van der Waals surface area contributed by atoms with Crippen molar-refractivity contribution >= 4 is 0 Å². The molecule has 1 unspecified atom stereocenters. The fourth-order valence-corrected chi connectivity index (χ4v) is 2.87. The first-order valence-corrected chi connectivity index (χ1v) is 7.19. The highest BCUT2D eigenvalue weighted by molar-refractivity contribution is 5.32. The summed E-state index contributed by atoms with van der Waals surface area (Å²) in [6, 6.07) is 7.20. The van der Waals surface area contributed by atoms with Gasteiger partial charge in [-0.1, -0.05) is 23.8 Å². The second kappa shape index (κ2) is 6.35. The Hall–Kier alpha value is -0.860. The molecule has 1 saturated heterocycles. The van der Waals surface area contributed by atoms with Crippen molar-refractivity contribution in [3.8, 4) is 0 Å². The second-order valence-corrected chi connectivity index (χ2v) is 5.58. The monoisotopic (exact) mass is 246 g/mol. The zero-order chi connectivity index (χ0) is 13.0. The molecule has 1 fully saturated rings. The zero-order valence-corrected chi connectivity index (χ0v) is 12.0. The number of nitrogens with zero attached hydrogens (tertiary/aromatic N) is 1. The maximum atomic E-state index is 3.64. The minimum Gasteiger partial charge on any atom is -0.309 e. The molecule has 0 aromatic heterocycles. The topological polar surface area (TPSA) is 15.3 Å². The van der Waals surface area contributed by atoms with E-state index in [1.807, 2.05) is 0 Å². The Bertz CT molecular complexity index is 381. The van der Waals surface area contributed by atoms with Crippen LogP contribution in [0.15, 0.2) is 18.2 Å². The Morgan fingerprint density at radius 2 is 1.94 bits per heavy atom.